The van der Waals surface area contributed by atoms with Crippen molar-refractivity contribution in [2.45, 2.75) is 45.7 Å². The van der Waals surface area contributed by atoms with Gasteiger partial charge in [-0.05, 0) is 19.8 Å². The van der Waals surface area contributed by atoms with Crippen LogP contribution in [0.2, 0.25) is 0 Å². The van der Waals surface area contributed by atoms with Crippen LogP contribution >= 0.6 is 0 Å². The van der Waals surface area contributed by atoms with Crippen LogP contribution in [0, 0.1) is 17.3 Å². The predicted molar refractivity (Wildman–Crippen MR) is 93.1 cm³/mol. The molecule has 26 heavy (non-hydrogen) atoms. The number of hydrogen-bond donors (Lipinski definition) is 1. The van der Waals surface area contributed by atoms with Crippen molar-refractivity contribution >= 4 is 11.9 Å². The Balaban J connectivity index is 1.46. The van der Waals surface area contributed by atoms with Crippen LogP contribution in [0.15, 0.2) is 6.33 Å². The number of aliphatic carboxylic acids is 1. The predicted octanol–water partition coefficient (Wildman–Crippen LogP) is 0.833. The maximum absolute atomic E-state index is 12.8. The average molecular weight is 361 g/mol. The average Bonchev–Trinajstić information content (AvgIpc) is 3.37. The Morgan fingerprint density at radius 3 is 2.69 bits per heavy atom. The van der Waals surface area contributed by atoms with Crippen LogP contribution in [0.4, 0.5) is 0 Å². The Morgan fingerprint density at radius 2 is 2.04 bits per heavy atom. The van der Waals surface area contributed by atoms with Crippen LogP contribution < -0.4 is 0 Å². The van der Waals surface area contributed by atoms with Crippen molar-refractivity contribution in [2.75, 3.05) is 26.2 Å². The fraction of sp³-hybridized carbons (Fsp3) is 0.778. The van der Waals surface area contributed by atoms with Gasteiger partial charge in [-0.15, -0.1) is 10.2 Å². The first-order chi connectivity index (χ1) is 12.5. The van der Waals surface area contributed by atoms with Crippen molar-refractivity contribution in [3.05, 3.63) is 12.2 Å². The number of aryl methyl sites for hydroxylation is 1. The van der Waals surface area contributed by atoms with E-state index in [9.17, 15) is 14.7 Å². The summed E-state index contributed by atoms with van der Waals surface area (Å²) in [6, 6.07) is 0. The molecule has 8 nitrogen and oxygen atoms in total. The standard InChI is InChI=1S/C18H27N5O3/c1-2-22-12-19-20-15(22)9-21-7-14-8-23(11-18(14,10-21)17(25)26)16(24)13-5-3-4-6-13/h12-14H,2-11H2,1H3,(H,25,26)/t14-,18-/m0/s1. The normalized spacial score (nSPS) is 29.4. The van der Waals surface area contributed by atoms with E-state index in [-0.39, 0.29) is 17.7 Å². The second kappa shape index (κ2) is 6.64. The summed E-state index contributed by atoms with van der Waals surface area (Å²) in [5.74, 6) is 0.368. The van der Waals surface area contributed by atoms with Gasteiger partial charge in [0.15, 0.2) is 0 Å². The minimum atomic E-state index is -0.842. The van der Waals surface area contributed by atoms with Gasteiger partial charge in [-0.3, -0.25) is 14.5 Å². The van der Waals surface area contributed by atoms with E-state index in [2.05, 4.69) is 15.1 Å². The number of carbonyl (C=O) groups is 2. The number of carboxylic acids is 1. The van der Waals surface area contributed by atoms with E-state index < -0.39 is 11.4 Å². The van der Waals surface area contributed by atoms with E-state index in [1.54, 1.807) is 6.33 Å². The van der Waals surface area contributed by atoms with Crippen molar-refractivity contribution in [1.82, 2.24) is 24.6 Å². The maximum Gasteiger partial charge on any atom is 0.313 e. The highest BCUT2D eigenvalue weighted by Gasteiger charge is 2.58. The summed E-state index contributed by atoms with van der Waals surface area (Å²) in [5, 5.41) is 18.1. The largest absolute Gasteiger partial charge is 0.481 e. The van der Waals surface area contributed by atoms with Gasteiger partial charge in [0, 0.05) is 44.6 Å². The number of carboxylic acid groups (broad SMARTS) is 1. The van der Waals surface area contributed by atoms with Crippen LogP contribution in [0.5, 0.6) is 0 Å². The Morgan fingerprint density at radius 1 is 1.27 bits per heavy atom. The first kappa shape index (κ1) is 17.5. The number of aromatic nitrogens is 3. The summed E-state index contributed by atoms with van der Waals surface area (Å²) >= 11 is 0. The molecular weight excluding hydrogens is 334 g/mol. The van der Waals surface area contributed by atoms with Gasteiger partial charge in [-0.2, -0.15) is 0 Å². The van der Waals surface area contributed by atoms with E-state index in [1.807, 2.05) is 16.4 Å². The third kappa shape index (κ3) is 2.80. The molecule has 1 amide bonds. The number of carbonyl (C=O) groups excluding carboxylic acids is 1. The van der Waals surface area contributed by atoms with Gasteiger partial charge in [0.05, 0.1) is 6.54 Å². The topological polar surface area (TPSA) is 91.6 Å². The molecule has 4 rings (SSSR count). The summed E-state index contributed by atoms with van der Waals surface area (Å²) in [4.78, 5) is 28.9. The molecule has 0 unspecified atom stereocenters. The molecule has 1 aromatic rings. The maximum atomic E-state index is 12.8. The molecule has 3 heterocycles. The minimum absolute atomic E-state index is 0.0108. The zero-order valence-corrected chi connectivity index (χ0v) is 15.3. The molecule has 0 radical (unpaired) electrons. The van der Waals surface area contributed by atoms with Crippen molar-refractivity contribution < 1.29 is 14.7 Å². The van der Waals surface area contributed by atoms with Crippen molar-refractivity contribution in [3.63, 3.8) is 0 Å². The second-order valence-corrected chi connectivity index (χ2v) is 8.06. The third-order valence-corrected chi connectivity index (χ3v) is 6.52. The monoisotopic (exact) mass is 361 g/mol. The molecule has 1 aromatic heterocycles. The van der Waals surface area contributed by atoms with Gasteiger partial charge in [-0.1, -0.05) is 12.8 Å². The van der Waals surface area contributed by atoms with Crippen LogP contribution in [0.3, 0.4) is 0 Å². The van der Waals surface area contributed by atoms with E-state index >= 15 is 0 Å². The molecule has 0 aromatic carbocycles. The molecule has 3 aliphatic rings. The molecule has 1 aliphatic carbocycles. The lowest BCUT2D eigenvalue weighted by Crippen LogP contribution is -2.43. The summed E-state index contributed by atoms with van der Waals surface area (Å²) in [5.41, 5.74) is -0.842. The third-order valence-electron chi connectivity index (χ3n) is 6.52. The number of likely N-dealkylation sites (tertiary alicyclic amines) is 2. The van der Waals surface area contributed by atoms with Crippen LogP contribution in [-0.4, -0.2) is 67.7 Å². The molecule has 0 bridgehead atoms. The zero-order valence-electron chi connectivity index (χ0n) is 15.3. The Kier molecular flexibility index (Phi) is 4.46. The van der Waals surface area contributed by atoms with Gasteiger partial charge in [-0.25, -0.2) is 0 Å². The Bertz CT molecular complexity index is 699. The molecule has 3 fully saturated rings. The molecule has 8 heteroatoms. The van der Waals surface area contributed by atoms with E-state index in [0.29, 0.717) is 32.7 Å². The molecule has 0 spiro atoms. The Labute approximate surface area is 153 Å². The highest BCUT2D eigenvalue weighted by molar-refractivity contribution is 5.83. The number of fused-ring (bicyclic) bond motifs is 1. The number of rotatable bonds is 5. The molecule has 2 atom stereocenters. The number of hydrogen-bond acceptors (Lipinski definition) is 5. The minimum Gasteiger partial charge on any atom is -0.481 e. The van der Waals surface area contributed by atoms with E-state index in [0.717, 1.165) is 38.1 Å². The molecule has 1 saturated carbocycles. The summed E-state index contributed by atoms with van der Waals surface area (Å²) in [6.45, 7) is 5.52. The molecule has 2 aliphatic heterocycles. The molecular formula is C18H27N5O3. The lowest BCUT2D eigenvalue weighted by Gasteiger charge is -2.26. The second-order valence-electron chi connectivity index (χ2n) is 8.06. The quantitative estimate of drug-likeness (QED) is 0.835. The smallest absolute Gasteiger partial charge is 0.313 e. The van der Waals surface area contributed by atoms with Gasteiger partial charge in [0.1, 0.15) is 17.6 Å². The van der Waals surface area contributed by atoms with Crippen LogP contribution in [-0.2, 0) is 22.7 Å². The molecule has 142 valence electrons. The fourth-order valence-electron chi connectivity index (χ4n) is 5.06. The van der Waals surface area contributed by atoms with Crippen molar-refractivity contribution in [2.24, 2.45) is 17.3 Å². The number of amides is 1. The zero-order chi connectivity index (χ0) is 18.3. The Hall–Kier alpha value is -1.96. The van der Waals surface area contributed by atoms with E-state index in [4.69, 9.17) is 0 Å². The SMILES string of the molecule is CCn1cnnc1CN1C[C@H]2CN(C(=O)C3CCCC3)C[C@@]2(C(=O)O)C1. The lowest BCUT2D eigenvalue weighted by atomic mass is 9.81. The van der Waals surface area contributed by atoms with Crippen LogP contribution in [0.1, 0.15) is 38.4 Å². The van der Waals surface area contributed by atoms with Crippen LogP contribution in [0.25, 0.3) is 0 Å². The fourth-order valence-corrected chi connectivity index (χ4v) is 5.06. The van der Waals surface area contributed by atoms with Gasteiger partial charge in [0.2, 0.25) is 5.91 Å². The molecule has 2 saturated heterocycles. The highest BCUT2D eigenvalue weighted by atomic mass is 16.4. The summed E-state index contributed by atoms with van der Waals surface area (Å²) < 4.78 is 1.98. The van der Waals surface area contributed by atoms with Crippen molar-refractivity contribution in [3.8, 4) is 0 Å². The van der Waals surface area contributed by atoms with Gasteiger partial charge >= 0.3 is 5.97 Å². The van der Waals surface area contributed by atoms with Gasteiger partial charge < -0.3 is 14.6 Å². The van der Waals surface area contributed by atoms with E-state index in [1.165, 1.54) is 0 Å². The number of nitrogens with zero attached hydrogens (tertiary/aromatic N) is 5. The summed E-state index contributed by atoms with van der Waals surface area (Å²) in [7, 11) is 0. The summed E-state index contributed by atoms with van der Waals surface area (Å²) in [6.07, 6.45) is 5.85. The van der Waals surface area contributed by atoms with Crippen molar-refractivity contribution in [1.29, 1.82) is 0 Å². The first-order valence-corrected chi connectivity index (χ1v) is 9.64. The molecule has 1 N–H and O–H groups in total. The lowest BCUT2D eigenvalue weighted by molar-refractivity contribution is -0.149. The first-order valence-electron chi connectivity index (χ1n) is 9.64. The van der Waals surface area contributed by atoms with Gasteiger partial charge in [0.25, 0.3) is 0 Å². The highest BCUT2D eigenvalue weighted by Crippen LogP contribution is 2.44.